The first-order valence-corrected chi connectivity index (χ1v) is 9.14. The minimum Gasteiger partial charge on any atom is -0.506 e. The summed E-state index contributed by atoms with van der Waals surface area (Å²) in [5, 5.41) is 17.9. The number of pyridine rings is 1. The Morgan fingerprint density at radius 3 is 2.62 bits per heavy atom. The first-order valence-electron chi connectivity index (χ1n) is 9.14. The number of aryl methyl sites for hydroxylation is 3. The number of rotatable bonds is 3. The zero-order valence-corrected chi connectivity index (χ0v) is 16.3. The van der Waals surface area contributed by atoms with Crippen LogP contribution in [0.25, 0.3) is 16.7 Å². The Morgan fingerprint density at radius 2 is 1.90 bits per heavy atom. The van der Waals surface area contributed by atoms with Gasteiger partial charge in [0.25, 0.3) is 11.5 Å². The van der Waals surface area contributed by atoms with E-state index in [2.05, 4.69) is 15.4 Å². The minimum absolute atomic E-state index is 0.288. The maximum absolute atomic E-state index is 12.7. The molecule has 0 aliphatic rings. The van der Waals surface area contributed by atoms with E-state index in [1.54, 1.807) is 6.07 Å². The molecule has 146 valence electrons. The highest BCUT2D eigenvalue weighted by atomic mass is 16.3. The molecule has 0 radical (unpaired) electrons. The smallest absolute Gasteiger partial charge is 0.266 e. The van der Waals surface area contributed by atoms with Crippen LogP contribution in [0.5, 0.6) is 5.75 Å². The molecule has 0 atom stereocenters. The molecule has 2 aromatic heterocycles. The summed E-state index contributed by atoms with van der Waals surface area (Å²) < 4.78 is 1.52. The third kappa shape index (κ3) is 3.27. The number of nitrogens with zero attached hydrogens (tertiary/aromatic N) is 2. The molecule has 7 nitrogen and oxygen atoms in total. The van der Waals surface area contributed by atoms with E-state index in [0.29, 0.717) is 11.3 Å². The number of benzene rings is 2. The molecule has 4 aromatic rings. The number of amides is 1. The Hall–Kier alpha value is -3.87. The van der Waals surface area contributed by atoms with Gasteiger partial charge in [-0.2, -0.15) is 5.10 Å². The highest BCUT2D eigenvalue weighted by Gasteiger charge is 2.22. The normalized spacial score (nSPS) is 11.0. The van der Waals surface area contributed by atoms with Crippen molar-refractivity contribution in [1.82, 2.24) is 14.8 Å². The fourth-order valence-corrected chi connectivity index (χ4v) is 3.23. The van der Waals surface area contributed by atoms with Crippen LogP contribution in [0.3, 0.4) is 0 Å². The second-order valence-corrected chi connectivity index (χ2v) is 7.09. The van der Waals surface area contributed by atoms with E-state index in [4.69, 9.17) is 0 Å². The lowest BCUT2D eigenvalue weighted by atomic mass is 10.1. The van der Waals surface area contributed by atoms with Gasteiger partial charge in [0.15, 0.2) is 0 Å². The molecular weight excluding hydrogens is 368 g/mol. The second kappa shape index (κ2) is 6.94. The van der Waals surface area contributed by atoms with Gasteiger partial charge in [0.2, 0.25) is 0 Å². The predicted octanol–water partition coefficient (Wildman–Crippen LogP) is 3.60. The molecule has 0 saturated carbocycles. The molecule has 3 N–H and O–H groups in total. The summed E-state index contributed by atoms with van der Waals surface area (Å²) in [7, 11) is 0. The summed E-state index contributed by atoms with van der Waals surface area (Å²) in [6.45, 7) is 5.85. The monoisotopic (exact) mass is 388 g/mol. The summed E-state index contributed by atoms with van der Waals surface area (Å²) in [6, 6.07) is 13.0. The van der Waals surface area contributed by atoms with Gasteiger partial charge in [-0.1, -0.05) is 18.2 Å². The van der Waals surface area contributed by atoms with Gasteiger partial charge in [-0.3, -0.25) is 9.59 Å². The van der Waals surface area contributed by atoms with Crippen LogP contribution in [0.2, 0.25) is 0 Å². The van der Waals surface area contributed by atoms with Crippen molar-refractivity contribution in [3.8, 4) is 11.4 Å². The number of carbonyl (C=O) groups excluding carboxylic acids is 1. The first kappa shape index (κ1) is 18.5. The number of carbonyl (C=O) groups is 1. The number of hydrogen-bond acceptors (Lipinski definition) is 4. The number of hydrogen-bond donors (Lipinski definition) is 3. The lowest BCUT2D eigenvalue weighted by Crippen LogP contribution is -2.23. The van der Waals surface area contributed by atoms with Crippen LogP contribution in [-0.4, -0.2) is 25.8 Å². The van der Waals surface area contributed by atoms with E-state index in [1.165, 1.54) is 10.9 Å². The average Bonchev–Trinajstić information content (AvgIpc) is 3.09. The van der Waals surface area contributed by atoms with Gasteiger partial charge in [-0.05, 0) is 61.7 Å². The van der Waals surface area contributed by atoms with Gasteiger partial charge in [0, 0.05) is 5.69 Å². The Labute approximate surface area is 166 Å². The summed E-state index contributed by atoms with van der Waals surface area (Å²) >= 11 is 0. The number of H-pyrrole nitrogens is 1. The molecule has 0 bridgehead atoms. The third-order valence-electron chi connectivity index (χ3n) is 4.96. The molecule has 4 rings (SSSR count). The quantitative estimate of drug-likeness (QED) is 0.499. The van der Waals surface area contributed by atoms with Crippen molar-refractivity contribution in [3.63, 3.8) is 0 Å². The number of aromatic amines is 1. The van der Waals surface area contributed by atoms with E-state index in [1.807, 2.05) is 57.2 Å². The highest BCUT2D eigenvalue weighted by molar-refractivity contribution is 6.08. The van der Waals surface area contributed by atoms with Crippen molar-refractivity contribution >= 4 is 22.6 Å². The Kier molecular flexibility index (Phi) is 4.43. The molecular formula is C22H20N4O3. The number of aromatic hydroxyl groups is 1. The van der Waals surface area contributed by atoms with Gasteiger partial charge >= 0.3 is 0 Å². The summed E-state index contributed by atoms with van der Waals surface area (Å²) in [5.41, 5.74) is 3.70. The largest absolute Gasteiger partial charge is 0.506 e. The maximum Gasteiger partial charge on any atom is 0.266 e. The van der Waals surface area contributed by atoms with Crippen LogP contribution in [0.1, 0.15) is 27.0 Å². The van der Waals surface area contributed by atoms with Gasteiger partial charge in [-0.25, -0.2) is 4.68 Å². The maximum atomic E-state index is 12.7. The molecule has 0 saturated heterocycles. The number of anilines is 1. The van der Waals surface area contributed by atoms with Crippen LogP contribution < -0.4 is 10.9 Å². The van der Waals surface area contributed by atoms with E-state index in [-0.39, 0.29) is 10.9 Å². The molecule has 29 heavy (non-hydrogen) atoms. The summed E-state index contributed by atoms with van der Waals surface area (Å²) in [5.74, 6) is -1.08. The first-order chi connectivity index (χ1) is 13.8. The molecule has 0 fully saturated rings. The molecule has 2 aromatic carbocycles. The van der Waals surface area contributed by atoms with Gasteiger partial charge in [0.1, 0.15) is 17.0 Å². The van der Waals surface area contributed by atoms with Crippen molar-refractivity contribution in [2.24, 2.45) is 0 Å². The van der Waals surface area contributed by atoms with Crippen LogP contribution >= 0.6 is 0 Å². The standard InChI is InChI=1S/C22H20N4O3/c1-12-5-4-6-16(9-12)26-20-17(11-23-26)19(27)18(22(29)25-20)21(28)24-15-8-7-13(2)14(3)10-15/h4-11H,1-3H3,(H,24,28)(H2,25,27,29). The SMILES string of the molecule is Cc1cccc(-n2ncc3c(O)c(C(=O)Nc4ccc(C)c(C)c4)c(=O)[nH]c32)c1. The molecule has 0 aliphatic heterocycles. The van der Waals surface area contributed by atoms with Crippen LogP contribution in [0.4, 0.5) is 5.69 Å². The molecule has 0 aliphatic carbocycles. The molecule has 7 heteroatoms. The topological polar surface area (TPSA) is 100 Å². The minimum atomic E-state index is -0.689. The molecule has 0 spiro atoms. The van der Waals surface area contributed by atoms with E-state index in [0.717, 1.165) is 22.4 Å². The van der Waals surface area contributed by atoms with Gasteiger partial charge < -0.3 is 15.4 Å². The summed E-state index contributed by atoms with van der Waals surface area (Å²) in [6.07, 6.45) is 1.43. The predicted molar refractivity (Wildman–Crippen MR) is 112 cm³/mol. The fourth-order valence-electron chi connectivity index (χ4n) is 3.23. The van der Waals surface area contributed by atoms with Crippen molar-refractivity contribution in [2.45, 2.75) is 20.8 Å². The van der Waals surface area contributed by atoms with Crippen molar-refractivity contribution < 1.29 is 9.90 Å². The molecule has 0 unspecified atom stereocenters. The second-order valence-electron chi connectivity index (χ2n) is 7.09. The zero-order chi connectivity index (χ0) is 20.7. The number of fused-ring (bicyclic) bond motifs is 1. The molecule has 1 amide bonds. The van der Waals surface area contributed by atoms with Crippen LogP contribution in [0.15, 0.2) is 53.5 Å². The van der Waals surface area contributed by atoms with Crippen LogP contribution in [0, 0.1) is 20.8 Å². The third-order valence-corrected chi connectivity index (χ3v) is 4.96. The Morgan fingerprint density at radius 1 is 1.10 bits per heavy atom. The Bertz CT molecular complexity index is 1320. The highest BCUT2D eigenvalue weighted by Crippen LogP contribution is 2.27. The van der Waals surface area contributed by atoms with E-state index < -0.39 is 17.2 Å². The van der Waals surface area contributed by atoms with Gasteiger partial charge in [-0.15, -0.1) is 0 Å². The Balaban J connectivity index is 1.77. The van der Waals surface area contributed by atoms with Crippen LogP contribution in [-0.2, 0) is 0 Å². The van der Waals surface area contributed by atoms with E-state index in [9.17, 15) is 14.7 Å². The molecule has 2 heterocycles. The van der Waals surface area contributed by atoms with Crippen molar-refractivity contribution in [1.29, 1.82) is 0 Å². The number of aromatic nitrogens is 3. The van der Waals surface area contributed by atoms with Crippen molar-refractivity contribution in [2.75, 3.05) is 5.32 Å². The van der Waals surface area contributed by atoms with Crippen molar-refractivity contribution in [3.05, 3.63) is 81.3 Å². The van der Waals surface area contributed by atoms with E-state index >= 15 is 0 Å². The fraction of sp³-hybridized carbons (Fsp3) is 0.136. The summed E-state index contributed by atoms with van der Waals surface area (Å²) in [4.78, 5) is 28.0. The van der Waals surface area contributed by atoms with Gasteiger partial charge in [0.05, 0.1) is 17.3 Å². The number of nitrogens with one attached hydrogen (secondary N) is 2. The lowest BCUT2D eigenvalue weighted by molar-refractivity contribution is 0.102. The average molecular weight is 388 g/mol. The lowest BCUT2D eigenvalue weighted by Gasteiger charge is -2.09. The zero-order valence-electron chi connectivity index (χ0n) is 16.3.